The Morgan fingerprint density at radius 2 is 0.951 bits per heavy atom. The number of benzene rings is 2. The lowest BCUT2D eigenvalue weighted by Crippen LogP contribution is -2.41. The number of amides is 5. The van der Waals surface area contributed by atoms with Crippen molar-refractivity contribution in [2.24, 2.45) is 0 Å². The zero-order valence-corrected chi connectivity index (χ0v) is 75.2. The molecule has 3 unspecified atom stereocenters. The van der Waals surface area contributed by atoms with Gasteiger partial charge in [0.2, 0.25) is 0 Å². The van der Waals surface area contributed by atoms with Gasteiger partial charge in [-0.1, -0.05) is 42.8 Å². The topological polar surface area (TPSA) is 313 Å². The number of carbonyl (C=O) groups is 4. The van der Waals surface area contributed by atoms with E-state index in [-0.39, 0.29) is 60.1 Å². The molecule has 4 N–H and O–H groups in total. The zero-order valence-electron chi connectivity index (χ0n) is 71.6. The summed E-state index contributed by atoms with van der Waals surface area (Å²) in [5.41, 5.74) is 17.2. The van der Waals surface area contributed by atoms with Crippen LogP contribution in [-0.4, -0.2) is 227 Å². The van der Waals surface area contributed by atoms with Crippen molar-refractivity contribution in [1.82, 2.24) is 73.8 Å². The summed E-state index contributed by atoms with van der Waals surface area (Å²) >= 11 is 13.4. The fourth-order valence-corrected chi connectivity index (χ4v) is 15.8. The fraction of sp³-hybridized carbons (Fsp3) is 0.588. The molecule has 4 fully saturated rings. The van der Waals surface area contributed by atoms with E-state index in [2.05, 4.69) is 97.2 Å². The van der Waals surface area contributed by atoms with Gasteiger partial charge in [0.1, 0.15) is 28.4 Å². The number of fused-ring (bicyclic) bond motifs is 5. The Hall–Kier alpha value is -8.24. The third-order valence-electron chi connectivity index (χ3n) is 22.1. The minimum Gasteiger partial charge on any atom is -0.444 e. The van der Waals surface area contributed by atoms with Gasteiger partial charge in [-0.05, 0) is 179 Å². The van der Waals surface area contributed by atoms with Gasteiger partial charge in [-0.3, -0.25) is 23.4 Å². The first kappa shape index (κ1) is 94.4. The van der Waals surface area contributed by atoms with Crippen LogP contribution in [0.1, 0.15) is 185 Å². The molecule has 0 saturated carbocycles. The van der Waals surface area contributed by atoms with Gasteiger partial charge in [-0.25, -0.2) is 28.0 Å². The average Bonchev–Trinajstić information content (AvgIpc) is 1.62. The number of nitrogens with two attached hydrogens (primary N) is 1. The van der Waals surface area contributed by atoms with E-state index in [0.717, 1.165) is 128 Å². The predicted molar refractivity (Wildman–Crippen MR) is 467 cm³/mol. The number of ether oxygens (including phenoxy) is 8. The predicted octanol–water partition coefficient (Wildman–Crippen LogP) is 14.4. The van der Waals surface area contributed by atoms with Crippen molar-refractivity contribution < 1.29 is 75.2 Å². The molecule has 122 heavy (non-hydrogen) atoms. The Morgan fingerprint density at radius 1 is 0.533 bits per heavy atom. The second kappa shape index (κ2) is 41.3. The van der Waals surface area contributed by atoms with E-state index in [0.29, 0.717) is 128 Å². The van der Waals surface area contributed by atoms with Crippen LogP contribution in [0.4, 0.5) is 39.3 Å². The Bertz CT molecular complexity index is 4780. The average molecular weight is 1850 g/mol. The standard InChI is InChI=1S/C17H18ClFN4O2.C15H23N3O3.C15H21N3O3.C11H16IN3O2.C10H17BO3.C10H15N3O.C6H5ClFN.CH4/c18-14-7-12(1-2-15(14)19)21-17(24)22-4-5-23-16(9-22)13(8-20-23)11-3-6-25-10-11;2*1-15(2,3)21-14(19)17-5-6-18-13(9-17)12(8-16-18)11-4-7-20-10-11;1-11(2,3)17-10(16)14-4-5-15-9(7-14)8(12)6-13-15;1-9(2)10(3,4)14-11(13-9)8-5-6-12-7-8;1-4-14-7-8(1)9-5-12-13-3-2-11-6-10(9)13;7-5-3-4(9)1-2-6(5)8;/h1-2,7-8,11H,3-6,9-10H2,(H,21,24);8,11H,4-7,9-10H2,1-3H3;4,8H,5-7,9-10H2,1-3H3;6H,4-5,7H2,1-3H3;5H,6-7H2,1-4H3;5,8,11H,1-4,6-7H2;1-3H,9H2;1H4. The maximum atomic E-state index is 13.2. The summed E-state index contributed by atoms with van der Waals surface area (Å²) in [7, 11) is -0.220. The summed E-state index contributed by atoms with van der Waals surface area (Å²) in [6, 6.07) is 7.97. The summed E-state index contributed by atoms with van der Waals surface area (Å²) in [6.07, 6.45) is 16.1. The van der Waals surface area contributed by atoms with Gasteiger partial charge >= 0.3 is 31.4 Å². The van der Waals surface area contributed by atoms with E-state index < -0.39 is 28.4 Å². The van der Waals surface area contributed by atoms with Crippen molar-refractivity contribution in [2.75, 3.05) is 110 Å². The van der Waals surface area contributed by atoms with Crippen LogP contribution in [0.2, 0.25) is 10.0 Å². The first-order chi connectivity index (χ1) is 57.4. The van der Waals surface area contributed by atoms with Crippen LogP contribution in [0.5, 0.6) is 0 Å². The highest BCUT2D eigenvalue weighted by molar-refractivity contribution is 14.1. The largest absolute Gasteiger partial charge is 0.492 e. The number of nitrogen functional groups attached to an aromatic ring is 1. The minimum atomic E-state index is -0.509. The molecule has 5 amide bonds. The molecule has 0 spiro atoms. The van der Waals surface area contributed by atoms with Gasteiger partial charge in [-0.15, -0.1) is 0 Å². The Labute approximate surface area is 737 Å². The maximum Gasteiger partial charge on any atom is 0.492 e. The molecule has 5 aromatic heterocycles. The second-order valence-electron chi connectivity index (χ2n) is 35.0. The summed E-state index contributed by atoms with van der Waals surface area (Å²) in [5, 5.41) is 28.2. The molecule has 2 aromatic carbocycles. The third kappa shape index (κ3) is 24.9. The number of urea groups is 1. The molecule has 11 aliphatic heterocycles. The van der Waals surface area contributed by atoms with Crippen molar-refractivity contribution in [3.8, 4) is 0 Å². The molecule has 31 nitrogen and oxygen atoms in total. The van der Waals surface area contributed by atoms with Gasteiger partial charge in [-0.2, -0.15) is 25.5 Å². The van der Waals surface area contributed by atoms with E-state index in [4.69, 9.17) is 76.1 Å². The molecule has 0 radical (unpaired) electrons. The van der Waals surface area contributed by atoms with Crippen LogP contribution in [-0.2, 0) is 113 Å². The molecule has 4 saturated heterocycles. The normalized spacial score (nSPS) is 20.3. The van der Waals surface area contributed by atoms with Crippen molar-refractivity contribution in [3.63, 3.8) is 0 Å². The lowest BCUT2D eigenvalue weighted by Gasteiger charge is -2.32. The number of carbonyl (C=O) groups excluding carboxylic acids is 4. The summed E-state index contributed by atoms with van der Waals surface area (Å²) in [4.78, 5) is 55.9. The lowest BCUT2D eigenvalue weighted by atomic mass is 9.79. The smallest absolute Gasteiger partial charge is 0.444 e. The number of hydrogen-bond acceptors (Lipinski definition) is 21. The minimum absolute atomic E-state index is 0. The first-order valence-corrected chi connectivity index (χ1v) is 43.1. The fourth-order valence-electron chi connectivity index (χ4n) is 14.9. The molecule has 16 heterocycles. The molecule has 18 rings (SSSR count). The van der Waals surface area contributed by atoms with Crippen LogP contribution in [0, 0.1) is 15.2 Å². The number of nitrogens with one attached hydrogen (secondary N) is 2. The number of anilines is 2. The van der Waals surface area contributed by atoms with Crippen LogP contribution < -0.4 is 16.4 Å². The van der Waals surface area contributed by atoms with Gasteiger partial charge in [0.25, 0.3) is 0 Å². The Morgan fingerprint density at radius 3 is 1.40 bits per heavy atom. The van der Waals surface area contributed by atoms with Gasteiger partial charge < -0.3 is 83.2 Å². The van der Waals surface area contributed by atoms with E-state index in [1.54, 1.807) is 19.6 Å². The molecule has 0 aliphatic carbocycles. The second-order valence-corrected chi connectivity index (χ2v) is 37.0. The SMILES string of the molecule is C.CC(C)(C)OC(=O)N1CCn2ncc(C3=CCOC3)c2C1.CC(C)(C)OC(=O)N1CCn2ncc(C3CCOC3)c2C1.CC(C)(C)OC(=O)N1CCn2ncc(I)c2C1.CC1(C)OB(C2=CCOC2)OC1(C)C.Nc1ccc(F)c(Cl)c1.O=C(Nc1ccc(F)c(Cl)c1)N1CCn2ncc(C3CCOC3)c2C1.c1nn2c(c1C1CCOC1)CNCC2. The number of nitrogens with zero attached hydrogens (tertiary/aromatic N) is 14. The first-order valence-electron chi connectivity index (χ1n) is 41.3. The summed E-state index contributed by atoms with van der Waals surface area (Å²) in [5.74, 6) is 0.393. The highest BCUT2D eigenvalue weighted by Gasteiger charge is 2.53. The zero-order chi connectivity index (χ0) is 86.7. The van der Waals surface area contributed by atoms with E-state index in [1.807, 2.05) is 118 Å². The number of aromatic nitrogens is 10. The van der Waals surface area contributed by atoms with Gasteiger partial charge in [0, 0.05) is 110 Å². The molecular formula is C85H119BCl2F2IN17O14. The molecule has 666 valence electrons. The third-order valence-corrected chi connectivity index (χ3v) is 23.6. The van der Waals surface area contributed by atoms with Crippen LogP contribution in [0.25, 0.3) is 5.57 Å². The summed E-state index contributed by atoms with van der Waals surface area (Å²) < 4.78 is 91.7. The van der Waals surface area contributed by atoms with Crippen LogP contribution in [0.15, 0.2) is 85.0 Å². The van der Waals surface area contributed by atoms with Crippen LogP contribution in [0.3, 0.4) is 0 Å². The van der Waals surface area contributed by atoms with Crippen LogP contribution >= 0.6 is 45.8 Å². The van der Waals surface area contributed by atoms with Crippen molar-refractivity contribution in [2.45, 2.75) is 228 Å². The number of rotatable bonds is 6. The Balaban J connectivity index is 0.000000141. The van der Waals surface area contributed by atoms with E-state index >= 15 is 0 Å². The molecule has 11 aliphatic rings. The number of halogens is 5. The highest BCUT2D eigenvalue weighted by Crippen LogP contribution is 2.40. The number of hydrogen-bond donors (Lipinski definition) is 3. The molecular weight excluding hydrogens is 1730 g/mol. The van der Waals surface area contributed by atoms with Crippen molar-refractivity contribution in [3.05, 3.63) is 161 Å². The van der Waals surface area contributed by atoms with Gasteiger partial charge in [0.15, 0.2) is 0 Å². The van der Waals surface area contributed by atoms with Gasteiger partial charge in [0.05, 0.1) is 189 Å². The summed E-state index contributed by atoms with van der Waals surface area (Å²) in [6.45, 7) is 43.0. The van der Waals surface area contributed by atoms with E-state index in [9.17, 15) is 28.0 Å². The monoisotopic (exact) mass is 1850 g/mol. The maximum absolute atomic E-state index is 13.2. The van der Waals surface area contributed by atoms with Crippen molar-refractivity contribution in [1.29, 1.82) is 0 Å². The lowest BCUT2D eigenvalue weighted by molar-refractivity contribution is 0.00578. The quantitative estimate of drug-likeness (QED) is 0.0603. The van der Waals surface area contributed by atoms with E-state index in [1.165, 1.54) is 58.8 Å². The molecule has 7 aromatic rings. The molecule has 3 atom stereocenters. The molecule has 37 heteroatoms. The van der Waals surface area contributed by atoms with Crippen molar-refractivity contribution >= 4 is 94.2 Å². The molecule has 0 bridgehead atoms. The highest BCUT2D eigenvalue weighted by atomic mass is 127. The Kier molecular flexibility index (Phi) is 31.9.